The lowest BCUT2D eigenvalue weighted by molar-refractivity contribution is 0.419. The molecular formula is C21H28N6. The molecular weight excluding hydrogens is 336 g/mol. The summed E-state index contributed by atoms with van der Waals surface area (Å²) in [5.41, 5.74) is 4.54. The molecule has 0 aliphatic carbocycles. The first kappa shape index (κ1) is 17.9. The number of aryl methyl sites for hydroxylation is 1. The molecule has 2 aliphatic heterocycles. The van der Waals surface area contributed by atoms with Crippen molar-refractivity contribution < 1.29 is 0 Å². The van der Waals surface area contributed by atoms with Gasteiger partial charge in [-0.05, 0) is 49.1 Å². The summed E-state index contributed by atoms with van der Waals surface area (Å²) in [5.74, 6) is 2.26. The molecule has 0 saturated carbocycles. The predicted octanol–water partition coefficient (Wildman–Crippen LogP) is 3.29. The Balaban J connectivity index is 1.56. The van der Waals surface area contributed by atoms with Crippen molar-refractivity contribution >= 4 is 23.7 Å². The molecule has 2 aromatic rings. The minimum Gasteiger partial charge on any atom is -0.340 e. The van der Waals surface area contributed by atoms with Crippen molar-refractivity contribution in [3.63, 3.8) is 0 Å². The molecule has 0 bridgehead atoms. The van der Waals surface area contributed by atoms with Gasteiger partial charge in [-0.1, -0.05) is 19.9 Å². The zero-order valence-corrected chi connectivity index (χ0v) is 16.4. The molecule has 6 nitrogen and oxygen atoms in total. The van der Waals surface area contributed by atoms with Crippen LogP contribution in [0.15, 0.2) is 29.4 Å². The number of nitrogens with zero attached hydrogens (tertiary/aromatic N) is 4. The van der Waals surface area contributed by atoms with Crippen LogP contribution in [0.25, 0.3) is 0 Å². The average Bonchev–Trinajstić information content (AvgIpc) is 2.97. The molecule has 1 saturated heterocycles. The summed E-state index contributed by atoms with van der Waals surface area (Å²) in [7, 11) is 0. The van der Waals surface area contributed by atoms with Crippen molar-refractivity contribution in [2.75, 3.05) is 29.9 Å². The summed E-state index contributed by atoms with van der Waals surface area (Å²) in [5, 5.41) is 7.12. The average molecular weight is 364 g/mol. The monoisotopic (exact) mass is 364 g/mol. The molecule has 2 aliphatic rings. The van der Waals surface area contributed by atoms with Gasteiger partial charge in [0.1, 0.15) is 5.82 Å². The van der Waals surface area contributed by atoms with Crippen LogP contribution in [-0.2, 0) is 6.54 Å². The molecule has 27 heavy (non-hydrogen) atoms. The van der Waals surface area contributed by atoms with E-state index in [1.54, 1.807) is 0 Å². The molecule has 142 valence electrons. The summed E-state index contributed by atoms with van der Waals surface area (Å²) < 4.78 is 0. The maximum atomic E-state index is 4.86. The molecule has 1 aromatic heterocycles. The Kier molecular flexibility index (Phi) is 5.07. The summed E-state index contributed by atoms with van der Waals surface area (Å²) in [6, 6.07) is 6.83. The van der Waals surface area contributed by atoms with Gasteiger partial charge in [0.2, 0.25) is 5.95 Å². The number of hydrogen-bond donors (Lipinski definition) is 2. The van der Waals surface area contributed by atoms with E-state index in [0.717, 1.165) is 55.6 Å². The number of hydrogen-bond acceptors (Lipinski definition) is 6. The Morgan fingerprint density at radius 3 is 3.04 bits per heavy atom. The second kappa shape index (κ2) is 7.64. The standard InChI is InChI=1S/C21H28N6/c1-14(2)19-13-27(8-4-7-23-19)21-24-10-15(3)20(26-21)25-18-6-5-16-11-22-12-17(16)9-18/h5-6,9-10,12,14,19,23H,4,7-8,11,13H2,1-3H3,(H,24,25,26). The molecule has 1 atom stereocenters. The Labute approximate surface area is 161 Å². The molecule has 1 unspecified atom stereocenters. The first-order chi connectivity index (χ1) is 13.1. The second-order valence-corrected chi connectivity index (χ2v) is 7.81. The van der Waals surface area contributed by atoms with E-state index in [0.29, 0.717) is 12.0 Å². The second-order valence-electron chi connectivity index (χ2n) is 7.81. The fraction of sp³-hybridized carbons (Fsp3) is 0.476. The third-order valence-electron chi connectivity index (χ3n) is 5.38. The van der Waals surface area contributed by atoms with Crippen LogP contribution < -0.4 is 15.5 Å². The zero-order valence-electron chi connectivity index (χ0n) is 16.4. The van der Waals surface area contributed by atoms with Crippen molar-refractivity contribution in [2.24, 2.45) is 10.9 Å². The Bertz CT molecular complexity index is 845. The number of aliphatic imine (C=N–C) groups is 1. The molecule has 6 heteroatoms. The molecule has 2 N–H and O–H groups in total. The van der Waals surface area contributed by atoms with Gasteiger partial charge in [0.25, 0.3) is 0 Å². The molecule has 1 aromatic carbocycles. The van der Waals surface area contributed by atoms with Gasteiger partial charge in [0.15, 0.2) is 0 Å². The summed E-state index contributed by atoms with van der Waals surface area (Å²) in [6.07, 6.45) is 4.96. The molecule has 4 rings (SSSR count). The maximum Gasteiger partial charge on any atom is 0.227 e. The SMILES string of the molecule is Cc1cnc(N2CCCNC(C(C)C)C2)nc1Nc1ccc2c(c1)C=NC2. The van der Waals surface area contributed by atoms with Crippen molar-refractivity contribution in [1.82, 2.24) is 15.3 Å². The van der Waals surface area contributed by atoms with Crippen LogP contribution in [0.4, 0.5) is 17.5 Å². The minimum absolute atomic E-state index is 0.463. The van der Waals surface area contributed by atoms with Crippen molar-refractivity contribution in [2.45, 2.75) is 39.8 Å². The fourth-order valence-corrected chi connectivity index (χ4v) is 3.61. The van der Waals surface area contributed by atoms with Gasteiger partial charge in [-0.15, -0.1) is 0 Å². The van der Waals surface area contributed by atoms with E-state index in [4.69, 9.17) is 4.98 Å². The van der Waals surface area contributed by atoms with Crippen molar-refractivity contribution in [3.8, 4) is 0 Å². The van der Waals surface area contributed by atoms with Crippen LogP contribution in [-0.4, -0.2) is 41.9 Å². The molecule has 3 heterocycles. The summed E-state index contributed by atoms with van der Waals surface area (Å²) >= 11 is 0. The quantitative estimate of drug-likeness (QED) is 0.872. The predicted molar refractivity (Wildman–Crippen MR) is 111 cm³/mol. The summed E-state index contributed by atoms with van der Waals surface area (Å²) in [6.45, 7) is 10.3. The van der Waals surface area contributed by atoms with Gasteiger partial charge in [0, 0.05) is 42.8 Å². The molecule has 0 amide bonds. The third-order valence-corrected chi connectivity index (χ3v) is 5.38. The van der Waals surface area contributed by atoms with E-state index >= 15 is 0 Å². The number of fused-ring (bicyclic) bond motifs is 1. The Morgan fingerprint density at radius 2 is 2.19 bits per heavy atom. The van der Waals surface area contributed by atoms with Crippen LogP contribution >= 0.6 is 0 Å². The van der Waals surface area contributed by atoms with Crippen molar-refractivity contribution in [3.05, 3.63) is 41.1 Å². The van der Waals surface area contributed by atoms with E-state index in [2.05, 4.69) is 57.6 Å². The first-order valence-corrected chi connectivity index (χ1v) is 9.82. The van der Waals surface area contributed by atoms with Gasteiger partial charge in [0.05, 0.1) is 6.54 Å². The number of benzene rings is 1. The van der Waals surface area contributed by atoms with Crippen molar-refractivity contribution in [1.29, 1.82) is 0 Å². The van der Waals surface area contributed by atoms with Crippen LogP contribution in [0.1, 0.15) is 37.0 Å². The largest absolute Gasteiger partial charge is 0.340 e. The first-order valence-electron chi connectivity index (χ1n) is 9.82. The molecule has 1 fully saturated rings. The minimum atomic E-state index is 0.463. The number of rotatable bonds is 4. The maximum absolute atomic E-state index is 4.86. The highest BCUT2D eigenvalue weighted by atomic mass is 15.3. The van der Waals surface area contributed by atoms with Gasteiger partial charge < -0.3 is 15.5 Å². The number of nitrogens with one attached hydrogen (secondary N) is 2. The van der Waals surface area contributed by atoms with Crippen LogP contribution in [0.3, 0.4) is 0 Å². The Hall–Kier alpha value is -2.47. The number of anilines is 3. The normalized spacial score (nSPS) is 19.3. The smallest absolute Gasteiger partial charge is 0.227 e. The van der Waals surface area contributed by atoms with E-state index in [1.165, 1.54) is 11.1 Å². The van der Waals surface area contributed by atoms with E-state index in [1.807, 2.05) is 19.3 Å². The lowest BCUT2D eigenvalue weighted by Gasteiger charge is -2.27. The van der Waals surface area contributed by atoms with Gasteiger partial charge in [-0.2, -0.15) is 4.98 Å². The number of aromatic nitrogens is 2. The topological polar surface area (TPSA) is 65.4 Å². The highest BCUT2D eigenvalue weighted by Crippen LogP contribution is 2.25. The van der Waals surface area contributed by atoms with E-state index < -0.39 is 0 Å². The van der Waals surface area contributed by atoms with Gasteiger partial charge in [-0.25, -0.2) is 4.98 Å². The highest BCUT2D eigenvalue weighted by Gasteiger charge is 2.22. The van der Waals surface area contributed by atoms with Gasteiger partial charge in [-0.3, -0.25) is 4.99 Å². The lowest BCUT2D eigenvalue weighted by atomic mass is 10.0. The fourth-order valence-electron chi connectivity index (χ4n) is 3.61. The van der Waals surface area contributed by atoms with Gasteiger partial charge >= 0.3 is 0 Å². The Morgan fingerprint density at radius 1 is 1.30 bits per heavy atom. The molecule has 0 radical (unpaired) electrons. The van der Waals surface area contributed by atoms with Crippen LogP contribution in [0, 0.1) is 12.8 Å². The van der Waals surface area contributed by atoms with Crippen LogP contribution in [0.2, 0.25) is 0 Å². The lowest BCUT2D eigenvalue weighted by Crippen LogP contribution is -2.41. The zero-order chi connectivity index (χ0) is 18.8. The molecule has 0 spiro atoms. The third kappa shape index (κ3) is 3.95. The van der Waals surface area contributed by atoms with Crippen LogP contribution in [0.5, 0.6) is 0 Å². The van der Waals surface area contributed by atoms with E-state index in [-0.39, 0.29) is 0 Å². The highest BCUT2D eigenvalue weighted by molar-refractivity contribution is 5.86. The van der Waals surface area contributed by atoms with E-state index in [9.17, 15) is 0 Å². The summed E-state index contributed by atoms with van der Waals surface area (Å²) in [4.78, 5) is 16.1.